The average Bonchev–Trinajstić information content (AvgIpc) is 2.99. The lowest BCUT2D eigenvalue weighted by Gasteiger charge is -2.32. The Bertz CT molecular complexity index is 1100. The Labute approximate surface area is 171 Å². The maximum Gasteiger partial charge on any atom is 0.335 e. The third-order valence-electron chi connectivity index (χ3n) is 5.29. The first-order valence-corrected chi connectivity index (χ1v) is 9.82. The first-order chi connectivity index (χ1) is 13.4. The van der Waals surface area contributed by atoms with Gasteiger partial charge in [0.15, 0.2) is 0 Å². The minimum Gasteiger partial charge on any atom is -0.478 e. The van der Waals surface area contributed by atoms with Crippen LogP contribution in [0.4, 0.5) is 0 Å². The molecule has 1 fully saturated rings. The number of aromatic carboxylic acids is 1. The molecule has 0 amide bonds. The molecule has 28 heavy (non-hydrogen) atoms. The number of hydrogen-bond donors (Lipinski definition) is 2. The van der Waals surface area contributed by atoms with E-state index in [0.29, 0.717) is 15.6 Å². The van der Waals surface area contributed by atoms with Crippen molar-refractivity contribution in [3.05, 3.63) is 68.1 Å². The number of benzene rings is 2. The molecule has 1 aliphatic heterocycles. The van der Waals surface area contributed by atoms with Crippen molar-refractivity contribution in [3.8, 4) is 0 Å². The number of fused-ring (bicyclic) bond motifs is 1. The number of carbonyl (C=O) groups is 1. The topological polar surface area (TPSA) is 78.3 Å². The highest BCUT2D eigenvalue weighted by molar-refractivity contribution is 6.35. The van der Waals surface area contributed by atoms with Crippen molar-refractivity contribution >= 4 is 40.2 Å². The predicted octanol–water partition coefficient (Wildman–Crippen LogP) is 4.17. The van der Waals surface area contributed by atoms with Crippen LogP contribution < -0.4 is 5.69 Å². The van der Waals surface area contributed by atoms with Crippen LogP contribution in [0, 0.1) is 0 Å². The zero-order valence-electron chi connectivity index (χ0n) is 15.0. The Hall–Kier alpha value is -2.28. The number of aromatic amines is 1. The fourth-order valence-corrected chi connectivity index (χ4v) is 4.32. The van der Waals surface area contributed by atoms with E-state index in [2.05, 4.69) is 9.88 Å². The number of likely N-dealkylation sites (tertiary alicyclic amines) is 1. The molecule has 2 aromatic carbocycles. The molecule has 2 N–H and O–H groups in total. The SMILES string of the molecule is O=C(O)c1ccc2c(c1)[nH]c(=O)n2C1CCN(Cc2ccc(Cl)cc2Cl)CC1. The molecule has 2 heterocycles. The largest absolute Gasteiger partial charge is 0.478 e. The van der Waals surface area contributed by atoms with Gasteiger partial charge in [-0.1, -0.05) is 29.3 Å². The van der Waals surface area contributed by atoms with E-state index >= 15 is 0 Å². The van der Waals surface area contributed by atoms with E-state index in [4.69, 9.17) is 28.3 Å². The summed E-state index contributed by atoms with van der Waals surface area (Å²) in [6.45, 7) is 2.43. The zero-order valence-corrected chi connectivity index (χ0v) is 16.5. The summed E-state index contributed by atoms with van der Waals surface area (Å²) in [5.74, 6) is -1.01. The Morgan fingerprint density at radius 3 is 2.57 bits per heavy atom. The second kappa shape index (κ2) is 7.62. The summed E-state index contributed by atoms with van der Waals surface area (Å²) in [5, 5.41) is 10.4. The lowest BCUT2D eigenvalue weighted by atomic mass is 10.0. The monoisotopic (exact) mass is 419 g/mol. The second-order valence-corrected chi connectivity index (χ2v) is 7.92. The van der Waals surface area contributed by atoms with Crippen LogP contribution in [0.15, 0.2) is 41.2 Å². The molecular formula is C20H19Cl2N3O3. The van der Waals surface area contributed by atoms with Crippen LogP contribution in [0.25, 0.3) is 11.0 Å². The molecule has 6 nitrogen and oxygen atoms in total. The summed E-state index contributed by atoms with van der Waals surface area (Å²) < 4.78 is 1.76. The van der Waals surface area contributed by atoms with Crippen molar-refractivity contribution in [3.63, 3.8) is 0 Å². The normalized spacial score (nSPS) is 15.9. The van der Waals surface area contributed by atoms with Gasteiger partial charge in [-0.15, -0.1) is 0 Å². The van der Waals surface area contributed by atoms with Crippen molar-refractivity contribution in [2.75, 3.05) is 13.1 Å². The van der Waals surface area contributed by atoms with Gasteiger partial charge in [0.25, 0.3) is 0 Å². The summed E-state index contributed by atoms with van der Waals surface area (Å²) in [5.41, 5.74) is 2.30. The van der Waals surface area contributed by atoms with Gasteiger partial charge in [0.2, 0.25) is 0 Å². The molecule has 0 atom stereocenters. The Morgan fingerprint density at radius 2 is 1.89 bits per heavy atom. The molecule has 0 bridgehead atoms. The van der Waals surface area contributed by atoms with Crippen molar-refractivity contribution < 1.29 is 9.90 Å². The van der Waals surface area contributed by atoms with Gasteiger partial charge >= 0.3 is 11.7 Å². The zero-order chi connectivity index (χ0) is 19.8. The highest BCUT2D eigenvalue weighted by Gasteiger charge is 2.24. The molecule has 8 heteroatoms. The van der Waals surface area contributed by atoms with Crippen LogP contribution in [0.3, 0.4) is 0 Å². The third kappa shape index (κ3) is 3.68. The second-order valence-electron chi connectivity index (χ2n) is 7.08. The number of nitrogens with zero attached hydrogens (tertiary/aromatic N) is 2. The van der Waals surface area contributed by atoms with Gasteiger partial charge in [-0.05, 0) is 48.7 Å². The van der Waals surface area contributed by atoms with Gasteiger partial charge in [-0.2, -0.15) is 0 Å². The molecule has 0 saturated carbocycles. The highest BCUT2D eigenvalue weighted by atomic mass is 35.5. The molecule has 1 saturated heterocycles. The number of rotatable bonds is 4. The smallest absolute Gasteiger partial charge is 0.335 e. The van der Waals surface area contributed by atoms with Crippen LogP contribution in [-0.2, 0) is 6.54 Å². The maximum absolute atomic E-state index is 12.5. The molecule has 0 radical (unpaired) electrons. The van der Waals surface area contributed by atoms with Crippen molar-refractivity contribution in [2.45, 2.75) is 25.4 Å². The van der Waals surface area contributed by atoms with Crippen molar-refractivity contribution in [2.24, 2.45) is 0 Å². The maximum atomic E-state index is 12.5. The number of halogens is 2. The van der Waals surface area contributed by atoms with E-state index in [1.54, 1.807) is 16.7 Å². The number of carboxylic acids is 1. The van der Waals surface area contributed by atoms with E-state index in [9.17, 15) is 9.59 Å². The minimum absolute atomic E-state index is 0.0777. The first kappa shape index (κ1) is 19.1. The van der Waals surface area contributed by atoms with E-state index < -0.39 is 5.97 Å². The van der Waals surface area contributed by atoms with Gasteiger partial charge in [-0.3, -0.25) is 9.47 Å². The highest BCUT2D eigenvalue weighted by Crippen LogP contribution is 2.28. The summed E-state index contributed by atoms with van der Waals surface area (Å²) >= 11 is 12.2. The summed E-state index contributed by atoms with van der Waals surface area (Å²) in [6.07, 6.45) is 1.66. The van der Waals surface area contributed by atoms with Crippen LogP contribution >= 0.6 is 23.2 Å². The van der Waals surface area contributed by atoms with Gasteiger partial charge in [-0.25, -0.2) is 9.59 Å². The quantitative estimate of drug-likeness (QED) is 0.664. The molecule has 0 aliphatic carbocycles. The third-order valence-corrected chi connectivity index (χ3v) is 5.88. The first-order valence-electron chi connectivity index (χ1n) is 9.06. The number of piperidine rings is 1. The lowest BCUT2D eigenvalue weighted by Crippen LogP contribution is -2.36. The van der Waals surface area contributed by atoms with Crippen LogP contribution in [-0.4, -0.2) is 38.6 Å². The van der Waals surface area contributed by atoms with Crippen LogP contribution in [0.2, 0.25) is 10.0 Å². The Balaban J connectivity index is 1.50. The lowest BCUT2D eigenvalue weighted by molar-refractivity contribution is 0.0697. The van der Waals surface area contributed by atoms with Crippen LogP contribution in [0.1, 0.15) is 34.8 Å². The van der Waals surface area contributed by atoms with E-state index in [0.717, 1.165) is 43.6 Å². The van der Waals surface area contributed by atoms with Gasteiger partial charge in [0.05, 0.1) is 16.6 Å². The molecule has 4 rings (SSSR count). The predicted molar refractivity (Wildman–Crippen MR) is 110 cm³/mol. The summed E-state index contributed by atoms with van der Waals surface area (Å²) in [4.78, 5) is 28.7. The molecule has 3 aromatic rings. The van der Waals surface area contributed by atoms with Crippen LogP contribution in [0.5, 0.6) is 0 Å². The number of nitrogens with one attached hydrogen (secondary N) is 1. The molecule has 1 aliphatic rings. The summed E-state index contributed by atoms with van der Waals surface area (Å²) in [6, 6.07) is 10.4. The van der Waals surface area contributed by atoms with Gasteiger partial charge < -0.3 is 10.1 Å². The Morgan fingerprint density at radius 1 is 1.14 bits per heavy atom. The van der Waals surface area contributed by atoms with Gasteiger partial charge in [0, 0.05) is 35.7 Å². The number of H-pyrrole nitrogens is 1. The molecule has 1 aromatic heterocycles. The van der Waals surface area contributed by atoms with Gasteiger partial charge in [0.1, 0.15) is 0 Å². The standard InChI is InChI=1S/C20H19Cl2N3O3/c21-14-3-1-13(16(22)10-14)11-24-7-5-15(6-8-24)25-18-4-2-12(19(26)27)9-17(18)23-20(25)28/h1-4,9-10,15H,5-8,11H2,(H,23,28)(H,26,27). The van der Waals surface area contributed by atoms with E-state index in [-0.39, 0.29) is 17.3 Å². The fraction of sp³-hybridized carbons (Fsp3) is 0.300. The molecule has 0 spiro atoms. The molecule has 146 valence electrons. The number of carboxylic acid groups (broad SMARTS) is 1. The number of imidazole rings is 1. The number of aromatic nitrogens is 2. The van der Waals surface area contributed by atoms with Crippen molar-refractivity contribution in [1.82, 2.24) is 14.5 Å². The van der Waals surface area contributed by atoms with E-state index in [1.165, 1.54) is 12.1 Å². The van der Waals surface area contributed by atoms with Crippen molar-refractivity contribution in [1.29, 1.82) is 0 Å². The molecular weight excluding hydrogens is 401 g/mol. The summed E-state index contributed by atoms with van der Waals surface area (Å²) in [7, 11) is 0. The minimum atomic E-state index is -1.01. The number of hydrogen-bond acceptors (Lipinski definition) is 3. The van der Waals surface area contributed by atoms with E-state index in [1.807, 2.05) is 12.1 Å². The average molecular weight is 420 g/mol. The fourth-order valence-electron chi connectivity index (χ4n) is 3.85. The molecule has 0 unspecified atom stereocenters. The Kier molecular flexibility index (Phi) is 5.19.